The van der Waals surface area contributed by atoms with E-state index in [0.29, 0.717) is 17.4 Å². The zero-order chi connectivity index (χ0) is 21.4. The highest BCUT2D eigenvalue weighted by Crippen LogP contribution is 2.47. The van der Waals surface area contributed by atoms with E-state index in [1.807, 2.05) is 54.6 Å². The molecule has 1 aliphatic heterocycles. The van der Waals surface area contributed by atoms with Crippen molar-refractivity contribution in [3.8, 4) is 6.07 Å². The fourth-order valence-electron chi connectivity index (χ4n) is 5.81. The third-order valence-corrected chi connectivity index (χ3v) is 7.61. The maximum atomic E-state index is 13.4. The summed E-state index contributed by atoms with van der Waals surface area (Å²) in [6.45, 7) is 2.61. The lowest BCUT2D eigenvalue weighted by Crippen LogP contribution is -2.50. The molecule has 2 aromatic rings. The third kappa shape index (κ3) is 3.64. The number of hydrogen-bond acceptors (Lipinski definition) is 4. The highest BCUT2D eigenvalue weighted by atomic mass is 16.3. The molecule has 3 aliphatic rings. The van der Waals surface area contributed by atoms with Crippen LogP contribution < -0.4 is 5.32 Å². The second-order valence-corrected chi connectivity index (χ2v) is 9.40. The smallest absolute Gasteiger partial charge is 0.257 e. The van der Waals surface area contributed by atoms with E-state index in [4.69, 9.17) is 0 Å². The number of rotatable bonds is 6. The number of nitriles is 1. The van der Waals surface area contributed by atoms with Gasteiger partial charge in [-0.05, 0) is 41.9 Å². The largest absolute Gasteiger partial charge is 0.375 e. The monoisotopic (exact) mass is 415 g/mol. The first-order chi connectivity index (χ1) is 15.1. The van der Waals surface area contributed by atoms with Gasteiger partial charge in [-0.2, -0.15) is 5.26 Å². The number of likely N-dealkylation sites (tertiary alicyclic amines) is 1. The first-order valence-electron chi connectivity index (χ1n) is 11.4. The van der Waals surface area contributed by atoms with Gasteiger partial charge in [0.05, 0.1) is 11.6 Å². The molecule has 1 amide bonds. The van der Waals surface area contributed by atoms with E-state index in [0.717, 1.165) is 56.4 Å². The van der Waals surface area contributed by atoms with Gasteiger partial charge in [0.1, 0.15) is 0 Å². The molecule has 2 N–H and O–H groups in total. The van der Waals surface area contributed by atoms with Crippen LogP contribution >= 0.6 is 0 Å². The number of carbonyl (C=O) groups is 1. The molecule has 2 aromatic carbocycles. The number of aliphatic hydroxyl groups is 1. The van der Waals surface area contributed by atoms with Gasteiger partial charge in [-0.25, -0.2) is 0 Å². The van der Waals surface area contributed by atoms with Gasteiger partial charge in [-0.1, -0.05) is 61.4 Å². The summed E-state index contributed by atoms with van der Waals surface area (Å²) in [5.74, 6) is 0.613. The zero-order valence-corrected chi connectivity index (χ0v) is 17.7. The lowest BCUT2D eigenvalue weighted by molar-refractivity contribution is -0.147. The van der Waals surface area contributed by atoms with E-state index in [9.17, 15) is 15.2 Å². The number of carbonyl (C=O) groups excluding carboxylic acids is 1. The highest BCUT2D eigenvalue weighted by Gasteiger charge is 2.58. The Labute approximate surface area is 183 Å². The molecule has 0 radical (unpaired) electrons. The molecular weight excluding hydrogens is 386 g/mol. The molecule has 2 unspecified atom stereocenters. The molecule has 5 heteroatoms. The van der Waals surface area contributed by atoms with Crippen molar-refractivity contribution < 1.29 is 9.90 Å². The fourth-order valence-corrected chi connectivity index (χ4v) is 5.81. The Hall–Kier alpha value is -2.68. The third-order valence-electron chi connectivity index (χ3n) is 7.61. The summed E-state index contributed by atoms with van der Waals surface area (Å²) >= 11 is 0. The van der Waals surface area contributed by atoms with Crippen LogP contribution in [0.2, 0.25) is 0 Å². The van der Waals surface area contributed by atoms with E-state index in [1.54, 1.807) is 0 Å². The normalized spacial score (nSPS) is 27.3. The highest BCUT2D eigenvalue weighted by molar-refractivity contribution is 5.87. The van der Waals surface area contributed by atoms with Crippen molar-refractivity contribution in [3.63, 3.8) is 0 Å². The van der Waals surface area contributed by atoms with Crippen LogP contribution in [0.5, 0.6) is 0 Å². The van der Waals surface area contributed by atoms with Crippen molar-refractivity contribution in [2.45, 2.75) is 43.9 Å². The number of nitrogens with one attached hydrogen (secondary N) is 1. The Morgan fingerprint density at radius 2 is 1.71 bits per heavy atom. The van der Waals surface area contributed by atoms with Gasteiger partial charge in [0.15, 0.2) is 5.60 Å². The SMILES string of the molecule is N#Cc1ccccc1CN1CC2[C@H](C1)[C@H]2NC(=O)C(O)(c1ccccc1)C1CCCC1. The minimum Gasteiger partial charge on any atom is -0.375 e. The van der Waals surface area contributed by atoms with E-state index < -0.39 is 5.60 Å². The minimum absolute atomic E-state index is 0.0209. The molecule has 5 nitrogen and oxygen atoms in total. The lowest BCUT2D eigenvalue weighted by Gasteiger charge is -2.33. The molecular formula is C26H29N3O2. The summed E-state index contributed by atoms with van der Waals surface area (Å²) in [5.41, 5.74) is 1.06. The second-order valence-electron chi connectivity index (χ2n) is 9.40. The van der Waals surface area contributed by atoms with Crippen LogP contribution in [0.25, 0.3) is 0 Å². The van der Waals surface area contributed by atoms with E-state index in [2.05, 4.69) is 16.3 Å². The Morgan fingerprint density at radius 1 is 1.06 bits per heavy atom. The predicted octanol–water partition coefficient (Wildman–Crippen LogP) is 3.18. The molecule has 0 bridgehead atoms. The first kappa shape index (κ1) is 20.2. The van der Waals surface area contributed by atoms with Crippen LogP contribution in [0, 0.1) is 29.1 Å². The van der Waals surface area contributed by atoms with Gasteiger partial charge in [0.25, 0.3) is 5.91 Å². The van der Waals surface area contributed by atoms with E-state index >= 15 is 0 Å². The van der Waals surface area contributed by atoms with Crippen LogP contribution in [0.1, 0.15) is 42.4 Å². The molecule has 5 rings (SSSR count). The fraction of sp³-hybridized carbons (Fsp3) is 0.462. The molecule has 3 fully saturated rings. The first-order valence-corrected chi connectivity index (χ1v) is 11.4. The van der Waals surface area contributed by atoms with Crippen LogP contribution in [0.4, 0.5) is 0 Å². The molecule has 0 spiro atoms. The van der Waals surface area contributed by atoms with Crippen LogP contribution in [-0.4, -0.2) is 35.0 Å². The Bertz CT molecular complexity index is 983. The van der Waals surface area contributed by atoms with Crippen LogP contribution in [-0.2, 0) is 16.9 Å². The van der Waals surface area contributed by atoms with Gasteiger partial charge >= 0.3 is 0 Å². The number of fused-ring (bicyclic) bond motifs is 1. The van der Waals surface area contributed by atoms with Crippen LogP contribution in [0.15, 0.2) is 54.6 Å². The van der Waals surface area contributed by atoms with Crippen molar-refractivity contribution in [1.29, 1.82) is 5.26 Å². The summed E-state index contributed by atoms with van der Waals surface area (Å²) < 4.78 is 0. The molecule has 4 atom stereocenters. The average Bonchev–Trinajstić information content (AvgIpc) is 3.21. The van der Waals surface area contributed by atoms with Crippen molar-refractivity contribution in [2.24, 2.45) is 17.8 Å². The molecule has 1 saturated heterocycles. The summed E-state index contributed by atoms with van der Waals surface area (Å²) in [6, 6.07) is 19.6. The maximum Gasteiger partial charge on any atom is 0.257 e. The van der Waals surface area contributed by atoms with Gasteiger partial charge < -0.3 is 10.4 Å². The summed E-state index contributed by atoms with van der Waals surface area (Å²) in [7, 11) is 0. The van der Waals surface area contributed by atoms with Gasteiger partial charge in [-0.3, -0.25) is 9.69 Å². The molecule has 0 aromatic heterocycles. The number of benzene rings is 2. The van der Waals surface area contributed by atoms with E-state index in [1.165, 1.54) is 0 Å². The van der Waals surface area contributed by atoms with Crippen LogP contribution in [0.3, 0.4) is 0 Å². The summed E-state index contributed by atoms with van der Waals surface area (Å²) in [5, 5.41) is 24.2. The average molecular weight is 416 g/mol. The number of amides is 1. The topological polar surface area (TPSA) is 76.4 Å². The Morgan fingerprint density at radius 3 is 2.39 bits per heavy atom. The van der Waals surface area contributed by atoms with Crippen molar-refractivity contribution in [1.82, 2.24) is 10.2 Å². The van der Waals surface area contributed by atoms with Gasteiger partial charge in [0.2, 0.25) is 0 Å². The molecule has 160 valence electrons. The van der Waals surface area contributed by atoms with E-state index in [-0.39, 0.29) is 17.9 Å². The number of nitrogens with zero attached hydrogens (tertiary/aromatic N) is 2. The molecule has 31 heavy (non-hydrogen) atoms. The van der Waals surface area contributed by atoms with Crippen molar-refractivity contribution in [2.75, 3.05) is 13.1 Å². The molecule has 2 aliphatic carbocycles. The molecule has 2 saturated carbocycles. The second kappa shape index (κ2) is 8.11. The summed E-state index contributed by atoms with van der Waals surface area (Å²) in [6.07, 6.45) is 3.92. The number of hydrogen-bond donors (Lipinski definition) is 2. The minimum atomic E-state index is -1.44. The standard InChI is InChI=1S/C26H29N3O2/c27-14-18-8-4-5-9-19(18)15-29-16-22-23(17-29)24(22)28-25(30)26(31,21-12-6-7-13-21)20-10-2-1-3-11-20/h1-5,8-11,21-24,31H,6-7,12-13,15-17H2,(H,28,30)/t22-,23?,24+,26?/m0/s1. The Balaban J connectivity index is 1.24. The Kier molecular flexibility index (Phi) is 5.29. The molecule has 1 heterocycles. The lowest BCUT2D eigenvalue weighted by atomic mass is 9.79. The summed E-state index contributed by atoms with van der Waals surface area (Å²) in [4.78, 5) is 15.7. The predicted molar refractivity (Wildman–Crippen MR) is 118 cm³/mol. The van der Waals surface area contributed by atoms with Gasteiger partial charge in [0, 0.05) is 31.6 Å². The van der Waals surface area contributed by atoms with Crippen molar-refractivity contribution >= 4 is 5.91 Å². The maximum absolute atomic E-state index is 13.4. The quantitative estimate of drug-likeness (QED) is 0.760. The zero-order valence-electron chi connectivity index (χ0n) is 17.7. The number of piperidine rings is 1. The van der Waals surface area contributed by atoms with Crippen molar-refractivity contribution in [3.05, 3.63) is 71.3 Å². The van der Waals surface area contributed by atoms with Gasteiger partial charge in [-0.15, -0.1) is 0 Å².